The molecule has 108 valence electrons. The highest BCUT2D eigenvalue weighted by atomic mass is 32.2. The van der Waals surface area contributed by atoms with Gasteiger partial charge in [-0.15, -0.1) is 11.3 Å². The van der Waals surface area contributed by atoms with Crippen LogP contribution in [-0.2, 0) is 14.8 Å². The van der Waals surface area contributed by atoms with Crippen LogP contribution < -0.4 is 4.72 Å². The van der Waals surface area contributed by atoms with Crippen molar-refractivity contribution in [3.63, 3.8) is 0 Å². The smallest absolute Gasteiger partial charge is 0.212 e. The monoisotopic (exact) mass is 303 g/mol. The molecule has 1 N–H and O–H groups in total. The van der Waals surface area contributed by atoms with E-state index in [2.05, 4.69) is 4.72 Å². The van der Waals surface area contributed by atoms with Crippen LogP contribution in [0.25, 0.3) is 0 Å². The summed E-state index contributed by atoms with van der Waals surface area (Å²) in [6, 6.07) is 3.82. The molecule has 6 heteroatoms. The minimum Gasteiger partial charge on any atom is -0.378 e. The molecule has 0 amide bonds. The molecule has 1 fully saturated rings. The van der Waals surface area contributed by atoms with Crippen molar-refractivity contribution in [1.82, 2.24) is 4.72 Å². The van der Waals surface area contributed by atoms with Gasteiger partial charge in [0.05, 0.1) is 17.9 Å². The fraction of sp³-hybridized carbons (Fsp3) is 0.692. The molecule has 4 nitrogen and oxygen atoms in total. The average molecular weight is 303 g/mol. The van der Waals surface area contributed by atoms with E-state index in [0.29, 0.717) is 6.42 Å². The van der Waals surface area contributed by atoms with Gasteiger partial charge in [0.1, 0.15) is 0 Å². The normalized spacial score (nSPS) is 21.6. The summed E-state index contributed by atoms with van der Waals surface area (Å²) >= 11 is 1.59. The molecule has 0 saturated carbocycles. The quantitative estimate of drug-likeness (QED) is 0.842. The molecule has 0 aromatic carbocycles. The molecular formula is C13H21NO3S2. The third kappa shape index (κ3) is 4.56. The van der Waals surface area contributed by atoms with Gasteiger partial charge in [0.15, 0.2) is 0 Å². The molecule has 19 heavy (non-hydrogen) atoms. The summed E-state index contributed by atoms with van der Waals surface area (Å²) in [4.78, 5) is 1.07. The van der Waals surface area contributed by atoms with Gasteiger partial charge in [-0.1, -0.05) is 13.0 Å². The van der Waals surface area contributed by atoms with Crippen molar-refractivity contribution in [2.24, 2.45) is 0 Å². The largest absolute Gasteiger partial charge is 0.378 e. The molecule has 1 aliphatic rings. The fourth-order valence-electron chi connectivity index (χ4n) is 2.27. The van der Waals surface area contributed by atoms with Crippen LogP contribution >= 0.6 is 11.3 Å². The first kappa shape index (κ1) is 15.0. The molecule has 1 saturated heterocycles. The molecule has 1 aliphatic heterocycles. The zero-order valence-electron chi connectivity index (χ0n) is 11.2. The second-order valence-corrected chi connectivity index (χ2v) is 7.69. The van der Waals surface area contributed by atoms with Crippen molar-refractivity contribution in [1.29, 1.82) is 0 Å². The van der Waals surface area contributed by atoms with Crippen LogP contribution in [0.3, 0.4) is 0 Å². The van der Waals surface area contributed by atoms with Gasteiger partial charge in [0, 0.05) is 11.5 Å². The molecule has 0 bridgehead atoms. The minimum atomic E-state index is -3.23. The zero-order valence-corrected chi connectivity index (χ0v) is 12.8. The first-order chi connectivity index (χ1) is 9.11. The van der Waals surface area contributed by atoms with E-state index in [9.17, 15) is 8.42 Å². The highest BCUT2D eigenvalue weighted by Crippen LogP contribution is 2.23. The van der Waals surface area contributed by atoms with Crippen LogP contribution in [0.4, 0.5) is 0 Å². The summed E-state index contributed by atoms with van der Waals surface area (Å²) in [7, 11) is -3.23. The highest BCUT2D eigenvalue weighted by Gasteiger charge is 2.22. The van der Waals surface area contributed by atoms with E-state index in [1.54, 1.807) is 11.3 Å². The lowest BCUT2D eigenvalue weighted by Gasteiger charge is -2.16. The van der Waals surface area contributed by atoms with Gasteiger partial charge in [-0.3, -0.25) is 0 Å². The van der Waals surface area contributed by atoms with Gasteiger partial charge in [-0.2, -0.15) is 0 Å². The Labute approximate surface area is 119 Å². The second kappa shape index (κ2) is 6.83. The fourth-order valence-corrected chi connectivity index (χ4v) is 4.62. The summed E-state index contributed by atoms with van der Waals surface area (Å²) in [6.45, 7) is 2.76. The molecule has 1 aromatic heterocycles. The van der Waals surface area contributed by atoms with Gasteiger partial charge in [0.2, 0.25) is 10.0 Å². The molecule has 0 unspecified atom stereocenters. The Balaban J connectivity index is 1.88. The van der Waals surface area contributed by atoms with Crippen molar-refractivity contribution in [3.05, 3.63) is 22.4 Å². The van der Waals surface area contributed by atoms with Crippen LogP contribution in [0.15, 0.2) is 17.5 Å². The lowest BCUT2D eigenvalue weighted by atomic mass is 10.2. The van der Waals surface area contributed by atoms with E-state index in [1.807, 2.05) is 24.4 Å². The third-order valence-corrected chi connectivity index (χ3v) is 5.75. The van der Waals surface area contributed by atoms with Crippen molar-refractivity contribution < 1.29 is 13.2 Å². The van der Waals surface area contributed by atoms with Crippen LogP contribution in [0.1, 0.15) is 43.5 Å². The van der Waals surface area contributed by atoms with Crippen molar-refractivity contribution in [2.45, 2.75) is 44.8 Å². The van der Waals surface area contributed by atoms with E-state index in [0.717, 1.165) is 30.7 Å². The Kier molecular flexibility index (Phi) is 5.38. The van der Waals surface area contributed by atoms with Gasteiger partial charge in [-0.25, -0.2) is 13.1 Å². The van der Waals surface area contributed by atoms with E-state index >= 15 is 0 Å². The Bertz CT molecular complexity index is 464. The number of thiophene rings is 1. The van der Waals surface area contributed by atoms with E-state index < -0.39 is 10.0 Å². The SMILES string of the molecule is CC[C@H](NS(=O)(=O)CC[C@@H]1CCCO1)c1cccs1. The summed E-state index contributed by atoms with van der Waals surface area (Å²) in [6.07, 6.45) is 3.51. The van der Waals surface area contributed by atoms with Crippen LogP contribution in [0.5, 0.6) is 0 Å². The molecule has 2 heterocycles. The lowest BCUT2D eigenvalue weighted by Crippen LogP contribution is -2.31. The zero-order chi connectivity index (χ0) is 13.7. The van der Waals surface area contributed by atoms with Gasteiger partial charge in [-0.05, 0) is 37.1 Å². The average Bonchev–Trinajstić information content (AvgIpc) is 3.06. The minimum absolute atomic E-state index is 0.102. The number of sulfonamides is 1. The summed E-state index contributed by atoms with van der Waals surface area (Å²) in [5.74, 6) is 0.152. The van der Waals surface area contributed by atoms with Crippen LogP contribution in [0, 0.1) is 0 Å². The Morgan fingerprint density at radius 3 is 3.00 bits per heavy atom. The number of nitrogens with one attached hydrogen (secondary N) is 1. The maximum Gasteiger partial charge on any atom is 0.212 e. The number of hydrogen-bond acceptors (Lipinski definition) is 4. The van der Waals surface area contributed by atoms with E-state index in [1.165, 1.54) is 0 Å². The number of rotatable bonds is 7. The number of hydrogen-bond donors (Lipinski definition) is 1. The van der Waals surface area contributed by atoms with E-state index in [-0.39, 0.29) is 17.9 Å². The lowest BCUT2D eigenvalue weighted by molar-refractivity contribution is 0.108. The Morgan fingerprint density at radius 1 is 1.58 bits per heavy atom. The standard InChI is InChI=1S/C13H21NO3S2/c1-2-12(13-6-4-9-18-13)14-19(15,16)10-7-11-5-3-8-17-11/h4,6,9,11-12,14H,2-3,5,7-8,10H2,1H3/t11-,12-/m0/s1. The van der Waals surface area contributed by atoms with Crippen LogP contribution in [0.2, 0.25) is 0 Å². The second-order valence-electron chi connectivity index (χ2n) is 4.84. The molecule has 0 aliphatic carbocycles. The predicted molar refractivity (Wildman–Crippen MR) is 77.9 cm³/mol. The summed E-state index contributed by atoms with van der Waals surface area (Å²) < 4.78 is 32.4. The third-order valence-electron chi connectivity index (χ3n) is 3.35. The van der Waals surface area contributed by atoms with Crippen LogP contribution in [-0.4, -0.2) is 26.9 Å². The molecular weight excluding hydrogens is 282 g/mol. The first-order valence-corrected chi connectivity index (χ1v) is 9.29. The Morgan fingerprint density at radius 2 is 2.42 bits per heavy atom. The van der Waals surface area contributed by atoms with E-state index in [4.69, 9.17) is 4.74 Å². The van der Waals surface area contributed by atoms with Gasteiger partial charge in [0.25, 0.3) is 0 Å². The maximum absolute atomic E-state index is 12.1. The highest BCUT2D eigenvalue weighted by molar-refractivity contribution is 7.89. The van der Waals surface area contributed by atoms with Crippen molar-refractivity contribution in [2.75, 3.05) is 12.4 Å². The summed E-state index contributed by atoms with van der Waals surface area (Å²) in [5, 5.41) is 1.97. The summed E-state index contributed by atoms with van der Waals surface area (Å²) in [5.41, 5.74) is 0. The molecule has 2 atom stereocenters. The molecule has 0 spiro atoms. The number of ether oxygens (including phenoxy) is 1. The maximum atomic E-state index is 12.1. The van der Waals surface area contributed by atoms with Crippen molar-refractivity contribution in [3.8, 4) is 0 Å². The van der Waals surface area contributed by atoms with Gasteiger partial charge < -0.3 is 4.74 Å². The Hall–Kier alpha value is -0.430. The predicted octanol–water partition coefficient (Wildman–Crippen LogP) is 2.69. The van der Waals surface area contributed by atoms with Crippen molar-refractivity contribution >= 4 is 21.4 Å². The van der Waals surface area contributed by atoms with Gasteiger partial charge >= 0.3 is 0 Å². The topological polar surface area (TPSA) is 55.4 Å². The first-order valence-electron chi connectivity index (χ1n) is 6.75. The molecule has 1 aromatic rings. The molecule has 0 radical (unpaired) electrons. The molecule has 2 rings (SSSR count).